The van der Waals surface area contributed by atoms with Gasteiger partial charge in [0, 0.05) is 24.4 Å². The number of rotatable bonds is 2. The van der Waals surface area contributed by atoms with Crippen LogP contribution in [0.3, 0.4) is 0 Å². The number of H-pyrrole nitrogens is 2. The maximum atomic E-state index is 10.8. The van der Waals surface area contributed by atoms with Gasteiger partial charge >= 0.3 is 5.69 Å². The molecular formula is C9H15N3O. The SMILES string of the molecule is O=c1[nH]cc(CC2CCCCN2)[nH]1. The summed E-state index contributed by atoms with van der Waals surface area (Å²) in [6, 6.07) is 0.542. The molecule has 13 heavy (non-hydrogen) atoms. The second-order valence-corrected chi connectivity index (χ2v) is 3.62. The Balaban J connectivity index is 1.93. The Bertz CT molecular complexity index is 309. The van der Waals surface area contributed by atoms with E-state index in [4.69, 9.17) is 0 Å². The molecule has 0 saturated carbocycles. The highest BCUT2D eigenvalue weighted by Crippen LogP contribution is 2.10. The highest BCUT2D eigenvalue weighted by molar-refractivity contribution is 4.98. The van der Waals surface area contributed by atoms with E-state index in [9.17, 15) is 4.79 Å². The zero-order valence-corrected chi connectivity index (χ0v) is 7.60. The van der Waals surface area contributed by atoms with Crippen LogP contribution in [0.25, 0.3) is 0 Å². The second-order valence-electron chi connectivity index (χ2n) is 3.62. The molecule has 72 valence electrons. The average Bonchev–Trinajstić information content (AvgIpc) is 2.53. The molecule has 1 aliphatic heterocycles. The minimum atomic E-state index is -0.106. The molecule has 1 fully saturated rings. The summed E-state index contributed by atoms with van der Waals surface area (Å²) in [6.45, 7) is 1.11. The topological polar surface area (TPSA) is 60.7 Å². The molecular weight excluding hydrogens is 166 g/mol. The predicted molar refractivity (Wildman–Crippen MR) is 50.8 cm³/mol. The fraction of sp³-hybridized carbons (Fsp3) is 0.667. The summed E-state index contributed by atoms with van der Waals surface area (Å²) in [5.74, 6) is 0. The van der Waals surface area contributed by atoms with Crippen LogP contribution in [0.2, 0.25) is 0 Å². The first-order chi connectivity index (χ1) is 6.34. The lowest BCUT2D eigenvalue weighted by Gasteiger charge is -2.22. The summed E-state index contributed by atoms with van der Waals surface area (Å²) < 4.78 is 0. The molecule has 0 radical (unpaired) electrons. The van der Waals surface area contributed by atoms with Crippen LogP contribution in [0, 0.1) is 0 Å². The van der Waals surface area contributed by atoms with E-state index >= 15 is 0 Å². The second kappa shape index (κ2) is 3.79. The lowest BCUT2D eigenvalue weighted by Crippen LogP contribution is -2.35. The first-order valence-electron chi connectivity index (χ1n) is 4.84. The van der Waals surface area contributed by atoms with Crippen molar-refractivity contribution >= 4 is 0 Å². The van der Waals surface area contributed by atoms with Crippen molar-refractivity contribution < 1.29 is 0 Å². The van der Waals surface area contributed by atoms with Crippen molar-refractivity contribution in [2.24, 2.45) is 0 Å². The lowest BCUT2D eigenvalue weighted by molar-refractivity contribution is 0.397. The van der Waals surface area contributed by atoms with E-state index in [0.29, 0.717) is 6.04 Å². The Morgan fingerprint density at radius 2 is 2.38 bits per heavy atom. The summed E-state index contributed by atoms with van der Waals surface area (Å²) in [6.07, 6.45) is 6.48. The van der Waals surface area contributed by atoms with Crippen molar-refractivity contribution in [2.75, 3.05) is 6.54 Å². The number of aromatic amines is 2. The molecule has 1 aliphatic rings. The zero-order chi connectivity index (χ0) is 9.10. The Morgan fingerprint density at radius 1 is 1.46 bits per heavy atom. The van der Waals surface area contributed by atoms with Crippen LogP contribution in [-0.4, -0.2) is 22.6 Å². The van der Waals surface area contributed by atoms with Gasteiger partial charge in [0.15, 0.2) is 0 Å². The van der Waals surface area contributed by atoms with Gasteiger partial charge in [-0.3, -0.25) is 0 Å². The number of imidazole rings is 1. The molecule has 2 rings (SSSR count). The molecule has 0 aromatic carbocycles. The highest BCUT2D eigenvalue weighted by atomic mass is 16.1. The molecule has 1 aromatic rings. The quantitative estimate of drug-likeness (QED) is 0.618. The van der Waals surface area contributed by atoms with Gasteiger partial charge in [0.05, 0.1) is 0 Å². The minimum absolute atomic E-state index is 0.106. The van der Waals surface area contributed by atoms with Gasteiger partial charge in [-0.05, 0) is 19.4 Å². The minimum Gasteiger partial charge on any atom is -0.314 e. The van der Waals surface area contributed by atoms with Gasteiger partial charge in [0.1, 0.15) is 0 Å². The molecule has 4 nitrogen and oxygen atoms in total. The normalized spacial score (nSPS) is 23.2. The summed E-state index contributed by atoms with van der Waals surface area (Å²) in [5, 5.41) is 3.44. The fourth-order valence-electron chi connectivity index (χ4n) is 1.84. The van der Waals surface area contributed by atoms with Crippen LogP contribution in [0.5, 0.6) is 0 Å². The fourth-order valence-corrected chi connectivity index (χ4v) is 1.84. The third-order valence-corrected chi connectivity index (χ3v) is 2.53. The molecule has 1 aromatic heterocycles. The standard InChI is InChI=1S/C9H15N3O/c13-9-11-6-8(12-9)5-7-3-1-2-4-10-7/h6-7,10H,1-5H2,(H2,11,12,13). The molecule has 1 atom stereocenters. The van der Waals surface area contributed by atoms with Crippen LogP contribution in [-0.2, 0) is 6.42 Å². The monoisotopic (exact) mass is 181 g/mol. The molecule has 4 heteroatoms. The molecule has 1 saturated heterocycles. The van der Waals surface area contributed by atoms with Gasteiger partial charge in [-0.25, -0.2) is 4.79 Å². The van der Waals surface area contributed by atoms with Crippen molar-refractivity contribution in [3.05, 3.63) is 22.4 Å². The number of nitrogens with one attached hydrogen (secondary N) is 3. The first-order valence-corrected chi connectivity index (χ1v) is 4.84. The van der Waals surface area contributed by atoms with Crippen molar-refractivity contribution in [3.8, 4) is 0 Å². The van der Waals surface area contributed by atoms with Crippen molar-refractivity contribution in [1.82, 2.24) is 15.3 Å². The van der Waals surface area contributed by atoms with Gasteiger partial charge in [0.25, 0.3) is 0 Å². The maximum Gasteiger partial charge on any atom is 0.323 e. The summed E-state index contributed by atoms with van der Waals surface area (Å²) in [4.78, 5) is 16.2. The molecule has 0 aliphatic carbocycles. The van der Waals surface area contributed by atoms with Crippen LogP contribution in [0.1, 0.15) is 25.0 Å². The van der Waals surface area contributed by atoms with Gasteiger partial charge in [-0.2, -0.15) is 0 Å². The average molecular weight is 181 g/mol. The van der Waals surface area contributed by atoms with E-state index in [1.807, 2.05) is 0 Å². The summed E-state index contributed by atoms with van der Waals surface area (Å²) in [5.41, 5.74) is 0.898. The summed E-state index contributed by atoms with van der Waals surface area (Å²) >= 11 is 0. The van der Waals surface area contributed by atoms with E-state index in [-0.39, 0.29) is 5.69 Å². The van der Waals surface area contributed by atoms with Crippen LogP contribution >= 0.6 is 0 Å². The van der Waals surface area contributed by atoms with Gasteiger partial charge in [-0.15, -0.1) is 0 Å². The predicted octanol–water partition coefficient (Wildman–Crippen LogP) is 0.388. The smallest absolute Gasteiger partial charge is 0.314 e. The largest absolute Gasteiger partial charge is 0.323 e. The van der Waals surface area contributed by atoms with E-state index in [1.165, 1.54) is 19.3 Å². The molecule has 1 unspecified atom stereocenters. The number of piperidine rings is 1. The molecule has 0 amide bonds. The van der Waals surface area contributed by atoms with Crippen LogP contribution in [0.15, 0.2) is 11.0 Å². The highest BCUT2D eigenvalue weighted by Gasteiger charge is 2.13. The van der Waals surface area contributed by atoms with Crippen LogP contribution in [0.4, 0.5) is 0 Å². The van der Waals surface area contributed by atoms with Gasteiger partial charge < -0.3 is 15.3 Å². The van der Waals surface area contributed by atoms with E-state index in [0.717, 1.165) is 18.7 Å². The number of hydrogen-bond donors (Lipinski definition) is 3. The van der Waals surface area contributed by atoms with E-state index in [2.05, 4.69) is 15.3 Å². The van der Waals surface area contributed by atoms with E-state index in [1.54, 1.807) is 6.20 Å². The Morgan fingerprint density at radius 3 is 3.00 bits per heavy atom. The third-order valence-electron chi connectivity index (χ3n) is 2.53. The van der Waals surface area contributed by atoms with Crippen molar-refractivity contribution in [3.63, 3.8) is 0 Å². The third kappa shape index (κ3) is 2.21. The zero-order valence-electron chi connectivity index (χ0n) is 7.60. The van der Waals surface area contributed by atoms with Gasteiger partial charge in [0.2, 0.25) is 0 Å². The van der Waals surface area contributed by atoms with Crippen LogP contribution < -0.4 is 11.0 Å². The van der Waals surface area contributed by atoms with Crippen molar-refractivity contribution in [2.45, 2.75) is 31.7 Å². The molecule has 3 N–H and O–H groups in total. The summed E-state index contributed by atoms with van der Waals surface area (Å²) in [7, 11) is 0. The number of aromatic nitrogens is 2. The lowest BCUT2D eigenvalue weighted by atomic mass is 10.0. The Labute approximate surface area is 76.8 Å². The first kappa shape index (κ1) is 8.56. The maximum absolute atomic E-state index is 10.8. The van der Waals surface area contributed by atoms with Crippen molar-refractivity contribution in [1.29, 1.82) is 0 Å². The molecule has 0 bridgehead atoms. The number of hydrogen-bond acceptors (Lipinski definition) is 2. The van der Waals surface area contributed by atoms with Gasteiger partial charge in [-0.1, -0.05) is 6.42 Å². The Kier molecular flexibility index (Phi) is 2.49. The van der Waals surface area contributed by atoms with E-state index < -0.39 is 0 Å². The molecule has 0 spiro atoms. The Hall–Kier alpha value is -1.03. The molecule has 2 heterocycles.